The summed E-state index contributed by atoms with van der Waals surface area (Å²) in [6.45, 7) is 0. The van der Waals surface area contributed by atoms with Gasteiger partial charge in [-0.05, 0) is 116 Å². The molecule has 2 aliphatic carbocycles. The van der Waals surface area contributed by atoms with Crippen molar-refractivity contribution >= 4 is 38.9 Å². The monoisotopic (exact) mass is 801 g/mol. The average Bonchev–Trinajstić information content (AvgIpc) is 3.98. The Kier molecular flexibility index (Phi) is 7.82. The zero-order valence-corrected chi connectivity index (χ0v) is 34.4. The van der Waals surface area contributed by atoms with E-state index in [9.17, 15) is 0 Å². The second-order valence-electron chi connectivity index (χ2n) is 16.6. The first-order chi connectivity index (χ1) is 31.3. The normalized spacial score (nSPS) is 12.9. The van der Waals surface area contributed by atoms with E-state index in [0.717, 1.165) is 44.7 Å². The molecule has 13 rings (SSSR count). The molecule has 0 amide bonds. The molecule has 0 saturated heterocycles. The lowest BCUT2D eigenvalue weighted by atomic mass is 9.70. The molecule has 0 N–H and O–H groups in total. The molecule has 9 aromatic carbocycles. The van der Waals surface area contributed by atoms with Crippen molar-refractivity contribution in [3.8, 4) is 50.2 Å². The first-order valence-electron chi connectivity index (χ1n) is 21.7. The number of rotatable bonds is 6. The van der Waals surface area contributed by atoms with E-state index in [1.807, 2.05) is 12.4 Å². The first-order valence-corrected chi connectivity index (χ1v) is 21.7. The van der Waals surface area contributed by atoms with Gasteiger partial charge in [0, 0.05) is 45.8 Å². The fourth-order valence-electron chi connectivity index (χ4n) is 11.0. The van der Waals surface area contributed by atoms with Gasteiger partial charge in [-0.25, -0.2) is 0 Å². The lowest BCUT2D eigenvalue weighted by Crippen LogP contribution is -2.26. The molecule has 294 valence electrons. The van der Waals surface area contributed by atoms with Gasteiger partial charge in [0.15, 0.2) is 0 Å². The predicted octanol–water partition coefficient (Wildman–Crippen LogP) is 15.3. The summed E-state index contributed by atoms with van der Waals surface area (Å²) in [4.78, 5) is 7.07. The molecule has 1 spiro atoms. The predicted molar refractivity (Wildman–Crippen MR) is 260 cm³/mol. The van der Waals surface area contributed by atoms with E-state index in [1.165, 1.54) is 66.6 Å². The largest absolute Gasteiger partial charge is 0.310 e. The average molecular weight is 802 g/mol. The molecule has 3 heteroatoms. The van der Waals surface area contributed by atoms with E-state index < -0.39 is 5.41 Å². The van der Waals surface area contributed by atoms with Gasteiger partial charge in [-0.3, -0.25) is 4.98 Å². The number of pyridine rings is 1. The molecule has 0 aliphatic heterocycles. The van der Waals surface area contributed by atoms with E-state index in [1.54, 1.807) is 0 Å². The summed E-state index contributed by atoms with van der Waals surface area (Å²) in [5.41, 5.74) is 21.5. The zero-order chi connectivity index (χ0) is 41.5. The number of para-hydroxylation sites is 1. The van der Waals surface area contributed by atoms with Gasteiger partial charge in [0.25, 0.3) is 0 Å². The maximum Gasteiger partial charge on any atom is 0.0726 e. The summed E-state index contributed by atoms with van der Waals surface area (Å²) >= 11 is 0. The van der Waals surface area contributed by atoms with Crippen LogP contribution >= 0.6 is 0 Å². The van der Waals surface area contributed by atoms with Crippen molar-refractivity contribution < 1.29 is 0 Å². The maximum absolute atomic E-state index is 4.61. The third kappa shape index (κ3) is 5.11. The van der Waals surface area contributed by atoms with Crippen LogP contribution in [0.25, 0.3) is 72.0 Å². The fourth-order valence-corrected chi connectivity index (χ4v) is 11.0. The van der Waals surface area contributed by atoms with Crippen molar-refractivity contribution in [3.05, 3.63) is 259 Å². The molecule has 0 fully saturated rings. The van der Waals surface area contributed by atoms with Crippen molar-refractivity contribution in [2.45, 2.75) is 5.41 Å². The molecule has 3 nitrogen and oxygen atoms in total. The van der Waals surface area contributed by atoms with Gasteiger partial charge >= 0.3 is 0 Å². The Morgan fingerprint density at radius 3 is 1.59 bits per heavy atom. The summed E-state index contributed by atoms with van der Waals surface area (Å²) in [5.74, 6) is 0. The third-order valence-electron chi connectivity index (χ3n) is 13.5. The number of hydrogen-bond donors (Lipinski definition) is 0. The van der Waals surface area contributed by atoms with E-state index >= 15 is 0 Å². The van der Waals surface area contributed by atoms with Crippen LogP contribution in [0.4, 0.5) is 17.1 Å². The van der Waals surface area contributed by atoms with Crippen molar-refractivity contribution in [2.24, 2.45) is 0 Å². The Morgan fingerprint density at radius 1 is 0.381 bits per heavy atom. The number of aromatic nitrogens is 2. The molecule has 63 heavy (non-hydrogen) atoms. The fraction of sp³-hybridized carbons (Fsp3) is 0.0167. The Bertz CT molecular complexity index is 3500. The summed E-state index contributed by atoms with van der Waals surface area (Å²) in [7, 11) is 0. The number of fused-ring (bicyclic) bond motifs is 13. The Labute approximate surface area is 366 Å². The second-order valence-corrected chi connectivity index (χ2v) is 16.6. The van der Waals surface area contributed by atoms with Gasteiger partial charge in [0.2, 0.25) is 0 Å². The van der Waals surface area contributed by atoms with Gasteiger partial charge in [-0.15, -0.1) is 0 Å². The molecular weight excluding hydrogens is 763 g/mol. The quantitative estimate of drug-likeness (QED) is 0.167. The highest BCUT2D eigenvalue weighted by atomic mass is 15.1. The molecule has 0 bridgehead atoms. The van der Waals surface area contributed by atoms with Crippen LogP contribution in [-0.2, 0) is 5.41 Å². The van der Waals surface area contributed by atoms with Crippen LogP contribution in [0.5, 0.6) is 0 Å². The second kappa shape index (κ2) is 13.9. The van der Waals surface area contributed by atoms with E-state index in [-0.39, 0.29) is 0 Å². The molecule has 11 aromatic rings. The minimum Gasteiger partial charge on any atom is -0.310 e. The van der Waals surface area contributed by atoms with Crippen LogP contribution in [-0.4, -0.2) is 9.55 Å². The zero-order valence-electron chi connectivity index (χ0n) is 34.4. The molecule has 0 radical (unpaired) electrons. The topological polar surface area (TPSA) is 21.1 Å². The minimum absolute atomic E-state index is 0.436. The van der Waals surface area contributed by atoms with Gasteiger partial charge in [-0.2, -0.15) is 0 Å². The summed E-state index contributed by atoms with van der Waals surface area (Å²) in [5, 5.41) is 2.34. The van der Waals surface area contributed by atoms with Crippen molar-refractivity contribution in [1.82, 2.24) is 9.55 Å². The van der Waals surface area contributed by atoms with Gasteiger partial charge in [0.05, 0.1) is 22.1 Å². The standard InChI is InChI=1S/C60H39N3/c1-3-15-40(16-4-1)41-29-33-44(34-30-41)62(45-35-31-42(32-36-45)46-22-13-27-56-58(46)50-39-61-38-37-55(50)63(56)43-17-5-2-6-18-43)57-28-14-26-54-59(57)49-21-9-12-25-53(49)60(54)51-23-10-7-19-47(51)48-20-8-11-24-52(48)60/h1-39H. The smallest absolute Gasteiger partial charge is 0.0726 e. The van der Waals surface area contributed by atoms with Crippen LogP contribution < -0.4 is 4.90 Å². The van der Waals surface area contributed by atoms with E-state index in [4.69, 9.17) is 0 Å². The van der Waals surface area contributed by atoms with Crippen LogP contribution in [0.15, 0.2) is 237 Å². The molecule has 0 atom stereocenters. The molecule has 0 unspecified atom stereocenters. The lowest BCUT2D eigenvalue weighted by molar-refractivity contribution is 0.794. The minimum atomic E-state index is -0.436. The number of benzene rings is 9. The number of hydrogen-bond acceptors (Lipinski definition) is 2. The molecule has 2 heterocycles. The SMILES string of the molecule is c1ccc(-c2ccc(N(c3ccc(-c4cccc5c4c4cnccc4n5-c4ccccc4)cc3)c3cccc4c3-c3ccccc3C43c4ccccc4-c4ccccc43)cc2)cc1. The maximum atomic E-state index is 4.61. The summed E-state index contributed by atoms with van der Waals surface area (Å²) in [6.07, 6.45) is 3.90. The lowest BCUT2D eigenvalue weighted by Gasteiger charge is -2.32. The van der Waals surface area contributed by atoms with Crippen molar-refractivity contribution in [2.75, 3.05) is 4.90 Å². The van der Waals surface area contributed by atoms with Crippen molar-refractivity contribution in [3.63, 3.8) is 0 Å². The van der Waals surface area contributed by atoms with Gasteiger partial charge < -0.3 is 9.47 Å². The molecular formula is C60H39N3. The molecule has 2 aliphatic rings. The van der Waals surface area contributed by atoms with Crippen LogP contribution in [0.3, 0.4) is 0 Å². The van der Waals surface area contributed by atoms with E-state index in [0.29, 0.717) is 0 Å². The van der Waals surface area contributed by atoms with Crippen molar-refractivity contribution in [1.29, 1.82) is 0 Å². The Balaban J connectivity index is 1.02. The number of anilines is 3. The Hall–Kier alpha value is -8.27. The Morgan fingerprint density at radius 2 is 0.905 bits per heavy atom. The highest BCUT2D eigenvalue weighted by molar-refractivity contribution is 6.15. The highest BCUT2D eigenvalue weighted by Crippen LogP contribution is 2.64. The van der Waals surface area contributed by atoms with Crippen LogP contribution in [0.2, 0.25) is 0 Å². The molecule has 2 aromatic heterocycles. The summed E-state index contributed by atoms with van der Waals surface area (Å²) in [6, 6.07) is 82.4. The first kappa shape index (κ1) is 35.5. The molecule has 0 saturated carbocycles. The highest BCUT2D eigenvalue weighted by Gasteiger charge is 2.52. The van der Waals surface area contributed by atoms with Crippen LogP contribution in [0.1, 0.15) is 22.3 Å². The van der Waals surface area contributed by atoms with E-state index in [2.05, 4.69) is 239 Å². The summed E-state index contributed by atoms with van der Waals surface area (Å²) < 4.78 is 2.35. The third-order valence-corrected chi connectivity index (χ3v) is 13.5. The van der Waals surface area contributed by atoms with Crippen LogP contribution in [0, 0.1) is 0 Å². The van der Waals surface area contributed by atoms with Gasteiger partial charge in [0.1, 0.15) is 0 Å². The number of nitrogens with zero attached hydrogens (tertiary/aromatic N) is 3. The van der Waals surface area contributed by atoms with Gasteiger partial charge in [-0.1, -0.05) is 170 Å².